The third-order valence-electron chi connectivity index (χ3n) is 3.81. The van der Waals surface area contributed by atoms with Gasteiger partial charge in [-0.05, 0) is 22.6 Å². The smallest absolute Gasteiger partial charge is 0.0557 e. The highest BCUT2D eigenvalue weighted by Gasteiger charge is 2.47. The molecule has 0 heterocycles. The SMILES string of the molecule is CC1([Si](C)(C)C)Cc2ccccc21. The molecule has 0 fully saturated rings. The van der Waals surface area contributed by atoms with Crippen molar-refractivity contribution in [1.82, 2.24) is 0 Å². The third kappa shape index (κ3) is 1.10. The van der Waals surface area contributed by atoms with E-state index in [2.05, 4.69) is 50.8 Å². The molecule has 1 aromatic rings. The van der Waals surface area contributed by atoms with Crippen LogP contribution < -0.4 is 0 Å². The maximum Gasteiger partial charge on any atom is 0.0557 e. The molecule has 1 aromatic carbocycles. The molecular formula is C12H18Si. The monoisotopic (exact) mass is 190 g/mol. The summed E-state index contributed by atoms with van der Waals surface area (Å²) in [4.78, 5) is 0. The Morgan fingerprint density at radius 2 is 1.77 bits per heavy atom. The van der Waals surface area contributed by atoms with Crippen molar-refractivity contribution in [2.75, 3.05) is 0 Å². The van der Waals surface area contributed by atoms with Gasteiger partial charge in [-0.3, -0.25) is 0 Å². The number of rotatable bonds is 1. The van der Waals surface area contributed by atoms with Gasteiger partial charge in [-0.15, -0.1) is 0 Å². The highest BCUT2D eigenvalue weighted by molar-refractivity contribution is 6.79. The number of hydrogen-bond donors (Lipinski definition) is 0. The van der Waals surface area contributed by atoms with Gasteiger partial charge in [-0.25, -0.2) is 0 Å². The number of hydrogen-bond acceptors (Lipinski definition) is 0. The van der Waals surface area contributed by atoms with Gasteiger partial charge in [-0.2, -0.15) is 0 Å². The summed E-state index contributed by atoms with van der Waals surface area (Å²) in [5, 5.41) is 0.531. The van der Waals surface area contributed by atoms with Crippen LogP contribution in [-0.2, 0) is 11.5 Å². The molecule has 0 N–H and O–H groups in total. The Bertz CT molecular complexity index is 335. The third-order valence-corrected chi connectivity index (χ3v) is 7.57. The minimum Gasteiger partial charge on any atom is -0.0689 e. The van der Waals surface area contributed by atoms with E-state index in [0.717, 1.165) is 0 Å². The molecule has 0 nitrogen and oxygen atoms in total. The van der Waals surface area contributed by atoms with E-state index in [-0.39, 0.29) is 0 Å². The zero-order valence-electron chi connectivity index (χ0n) is 9.02. The molecule has 0 spiro atoms. The molecule has 70 valence electrons. The normalized spacial score (nSPS) is 26.5. The molecule has 0 radical (unpaired) electrons. The van der Waals surface area contributed by atoms with E-state index in [1.54, 1.807) is 11.1 Å². The molecule has 1 aliphatic carbocycles. The first-order chi connectivity index (χ1) is 5.95. The summed E-state index contributed by atoms with van der Waals surface area (Å²) in [5.41, 5.74) is 3.20. The van der Waals surface area contributed by atoms with E-state index < -0.39 is 8.07 Å². The molecule has 0 aliphatic heterocycles. The van der Waals surface area contributed by atoms with E-state index in [4.69, 9.17) is 0 Å². The van der Waals surface area contributed by atoms with Crippen LogP contribution in [0.15, 0.2) is 24.3 Å². The zero-order chi connectivity index (χ0) is 9.69. The van der Waals surface area contributed by atoms with E-state index in [1.807, 2.05) is 0 Å². The first-order valence-corrected chi connectivity index (χ1v) is 8.53. The fraction of sp³-hybridized carbons (Fsp3) is 0.500. The second kappa shape index (κ2) is 2.47. The van der Waals surface area contributed by atoms with Crippen LogP contribution in [0.1, 0.15) is 18.1 Å². The Morgan fingerprint density at radius 3 is 2.31 bits per heavy atom. The molecule has 2 rings (SSSR count). The van der Waals surface area contributed by atoms with Crippen LogP contribution in [0.25, 0.3) is 0 Å². The van der Waals surface area contributed by atoms with Crippen molar-refractivity contribution in [1.29, 1.82) is 0 Å². The van der Waals surface area contributed by atoms with Gasteiger partial charge >= 0.3 is 0 Å². The number of fused-ring (bicyclic) bond motifs is 1. The van der Waals surface area contributed by atoms with Crippen molar-refractivity contribution in [2.24, 2.45) is 0 Å². The summed E-state index contributed by atoms with van der Waals surface area (Å²) in [6.07, 6.45) is 1.30. The zero-order valence-corrected chi connectivity index (χ0v) is 10.0. The quantitative estimate of drug-likeness (QED) is 0.596. The average molecular weight is 190 g/mol. The lowest BCUT2D eigenvalue weighted by Crippen LogP contribution is -2.54. The van der Waals surface area contributed by atoms with Crippen LogP contribution in [0.5, 0.6) is 0 Å². The molecule has 0 saturated carbocycles. The van der Waals surface area contributed by atoms with Crippen molar-refractivity contribution in [3.05, 3.63) is 35.4 Å². The van der Waals surface area contributed by atoms with Crippen LogP contribution >= 0.6 is 0 Å². The minimum absolute atomic E-state index is 0.531. The molecule has 0 saturated heterocycles. The minimum atomic E-state index is -1.05. The van der Waals surface area contributed by atoms with E-state index >= 15 is 0 Å². The van der Waals surface area contributed by atoms with Crippen molar-refractivity contribution >= 4 is 8.07 Å². The van der Waals surface area contributed by atoms with Gasteiger partial charge in [0.05, 0.1) is 8.07 Å². The first kappa shape index (κ1) is 9.01. The molecule has 13 heavy (non-hydrogen) atoms. The maximum absolute atomic E-state index is 2.48. The predicted molar refractivity (Wildman–Crippen MR) is 60.8 cm³/mol. The highest BCUT2D eigenvalue weighted by Crippen LogP contribution is 2.46. The second-order valence-electron chi connectivity index (χ2n) is 5.42. The van der Waals surface area contributed by atoms with Crippen LogP contribution in [-0.4, -0.2) is 8.07 Å². The fourth-order valence-corrected chi connectivity index (χ4v) is 4.02. The summed E-state index contributed by atoms with van der Waals surface area (Å²) < 4.78 is 0. The number of benzene rings is 1. The Balaban J connectivity index is 2.45. The summed E-state index contributed by atoms with van der Waals surface area (Å²) in [5.74, 6) is 0. The largest absolute Gasteiger partial charge is 0.0689 e. The van der Waals surface area contributed by atoms with Gasteiger partial charge < -0.3 is 0 Å². The topological polar surface area (TPSA) is 0 Å². The predicted octanol–water partition coefficient (Wildman–Crippen LogP) is 3.38. The van der Waals surface area contributed by atoms with Gasteiger partial charge in [0.25, 0.3) is 0 Å². The molecule has 0 bridgehead atoms. The van der Waals surface area contributed by atoms with Gasteiger partial charge in [-0.1, -0.05) is 50.8 Å². The van der Waals surface area contributed by atoms with Gasteiger partial charge in [0, 0.05) is 0 Å². The highest BCUT2D eigenvalue weighted by atomic mass is 28.3. The average Bonchev–Trinajstić information content (AvgIpc) is 2.00. The lowest BCUT2D eigenvalue weighted by molar-refractivity contribution is 0.557. The van der Waals surface area contributed by atoms with Crippen LogP contribution in [0, 0.1) is 0 Å². The van der Waals surface area contributed by atoms with Gasteiger partial charge in [0.2, 0.25) is 0 Å². The molecule has 0 aromatic heterocycles. The lowest BCUT2D eigenvalue weighted by atomic mass is 9.78. The van der Waals surface area contributed by atoms with E-state index in [1.165, 1.54) is 6.42 Å². The Hall–Kier alpha value is -0.563. The van der Waals surface area contributed by atoms with Crippen molar-refractivity contribution in [2.45, 2.75) is 38.0 Å². The van der Waals surface area contributed by atoms with Crippen LogP contribution in [0.2, 0.25) is 19.6 Å². The summed E-state index contributed by atoms with van der Waals surface area (Å²) in [6.45, 7) is 9.87. The maximum atomic E-state index is 2.48. The van der Waals surface area contributed by atoms with Crippen LogP contribution in [0.3, 0.4) is 0 Å². The van der Waals surface area contributed by atoms with Crippen LogP contribution in [0.4, 0.5) is 0 Å². The van der Waals surface area contributed by atoms with Gasteiger partial charge in [0.15, 0.2) is 0 Å². The Labute approximate surface area is 82.0 Å². The molecule has 1 aliphatic rings. The Kier molecular flexibility index (Phi) is 1.72. The standard InChI is InChI=1S/C12H18Si/c1-12(13(2,3)4)9-10-7-5-6-8-11(10)12/h5-8H,9H2,1-4H3. The second-order valence-corrected chi connectivity index (χ2v) is 11.0. The van der Waals surface area contributed by atoms with Crippen molar-refractivity contribution < 1.29 is 0 Å². The summed E-state index contributed by atoms with van der Waals surface area (Å²) >= 11 is 0. The Morgan fingerprint density at radius 1 is 1.15 bits per heavy atom. The molecule has 1 unspecified atom stereocenters. The summed E-state index contributed by atoms with van der Waals surface area (Å²) in [6, 6.07) is 8.92. The molecular weight excluding hydrogens is 172 g/mol. The molecule has 1 heteroatoms. The van der Waals surface area contributed by atoms with Gasteiger partial charge in [0.1, 0.15) is 0 Å². The molecule has 1 atom stereocenters. The molecule has 0 amide bonds. The van der Waals surface area contributed by atoms with Crippen molar-refractivity contribution in [3.8, 4) is 0 Å². The van der Waals surface area contributed by atoms with E-state index in [9.17, 15) is 0 Å². The fourth-order valence-electron chi connectivity index (χ4n) is 2.25. The van der Waals surface area contributed by atoms with E-state index in [0.29, 0.717) is 5.04 Å². The van der Waals surface area contributed by atoms with Crippen molar-refractivity contribution in [3.63, 3.8) is 0 Å². The first-order valence-electron chi connectivity index (χ1n) is 5.03. The lowest BCUT2D eigenvalue weighted by Gasteiger charge is -2.49. The summed E-state index contributed by atoms with van der Waals surface area (Å²) in [7, 11) is -1.05.